The predicted molar refractivity (Wildman–Crippen MR) is 106 cm³/mol. The van der Waals surface area contributed by atoms with Crippen LogP contribution < -0.4 is 9.64 Å². The van der Waals surface area contributed by atoms with Crippen molar-refractivity contribution in [2.24, 2.45) is 0 Å². The number of nitrogens with zero attached hydrogens (tertiary/aromatic N) is 2. The third kappa shape index (κ3) is 3.38. The van der Waals surface area contributed by atoms with Crippen molar-refractivity contribution < 1.29 is 19.4 Å². The summed E-state index contributed by atoms with van der Waals surface area (Å²) < 4.78 is 5.19. The Kier molecular flexibility index (Phi) is 4.65. The highest BCUT2D eigenvalue weighted by atomic mass is 16.5. The zero-order valence-electron chi connectivity index (χ0n) is 15.5. The van der Waals surface area contributed by atoms with Gasteiger partial charge >= 0.3 is 5.97 Å². The molecule has 144 valence electrons. The molecule has 2 N–H and O–H groups in total. The first-order valence-corrected chi connectivity index (χ1v) is 9.09. The van der Waals surface area contributed by atoms with Gasteiger partial charge in [0.15, 0.2) is 0 Å². The van der Waals surface area contributed by atoms with Crippen molar-refractivity contribution in [1.82, 2.24) is 9.88 Å². The molecule has 4 rings (SSSR count). The number of carbonyl (C=O) groups is 2. The highest BCUT2D eigenvalue weighted by Crippen LogP contribution is 2.22. The largest absolute Gasteiger partial charge is 0.497 e. The molecule has 0 saturated carbocycles. The average Bonchev–Trinajstić information content (AvgIpc) is 3.17. The summed E-state index contributed by atoms with van der Waals surface area (Å²) in [4.78, 5) is 31.1. The minimum Gasteiger partial charge on any atom is -0.497 e. The zero-order chi connectivity index (χ0) is 19.7. The standard InChI is InChI=1S/C21H21N3O4/c1-28-17-5-3-16(4-6-17)23-8-10-24(11-9-23)20(25)19-13-15-12-14(21(26)27)2-7-18(15)22-19/h2-7,12-13,22H,8-11H2,1H3,(H,26,27). The summed E-state index contributed by atoms with van der Waals surface area (Å²) in [5.41, 5.74) is 2.55. The summed E-state index contributed by atoms with van der Waals surface area (Å²) in [5.74, 6) is -0.226. The van der Waals surface area contributed by atoms with Gasteiger partial charge in [0, 0.05) is 42.8 Å². The number of aromatic amines is 1. The van der Waals surface area contributed by atoms with E-state index >= 15 is 0 Å². The van der Waals surface area contributed by atoms with Crippen LogP contribution >= 0.6 is 0 Å². The van der Waals surface area contributed by atoms with E-state index in [0.717, 1.165) is 35.4 Å². The number of fused-ring (bicyclic) bond motifs is 1. The number of rotatable bonds is 4. The van der Waals surface area contributed by atoms with Gasteiger partial charge in [0.25, 0.3) is 5.91 Å². The first-order valence-electron chi connectivity index (χ1n) is 9.09. The normalized spacial score (nSPS) is 14.3. The van der Waals surface area contributed by atoms with Gasteiger partial charge < -0.3 is 24.6 Å². The number of aromatic carboxylic acids is 1. The Balaban J connectivity index is 1.44. The number of hydrogen-bond donors (Lipinski definition) is 2. The number of hydrogen-bond acceptors (Lipinski definition) is 4. The van der Waals surface area contributed by atoms with E-state index in [-0.39, 0.29) is 11.5 Å². The first-order chi connectivity index (χ1) is 13.5. The molecule has 7 nitrogen and oxygen atoms in total. The second kappa shape index (κ2) is 7.26. The van der Waals surface area contributed by atoms with Crippen molar-refractivity contribution >= 4 is 28.5 Å². The van der Waals surface area contributed by atoms with Gasteiger partial charge in [0.1, 0.15) is 11.4 Å². The van der Waals surface area contributed by atoms with Crippen molar-refractivity contribution in [2.45, 2.75) is 0 Å². The van der Waals surface area contributed by atoms with Gasteiger partial charge in [-0.15, -0.1) is 0 Å². The fourth-order valence-electron chi connectivity index (χ4n) is 3.51. The summed E-state index contributed by atoms with van der Waals surface area (Å²) in [6.07, 6.45) is 0. The van der Waals surface area contributed by atoms with Gasteiger partial charge in [-0.05, 0) is 48.5 Å². The van der Waals surface area contributed by atoms with Gasteiger partial charge in [-0.3, -0.25) is 4.79 Å². The fourth-order valence-corrected chi connectivity index (χ4v) is 3.51. The van der Waals surface area contributed by atoms with Crippen LogP contribution in [0.4, 0.5) is 5.69 Å². The Labute approximate surface area is 162 Å². The number of aromatic nitrogens is 1. The Morgan fingerprint density at radius 1 is 1.00 bits per heavy atom. The van der Waals surface area contributed by atoms with Crippen molar-refractivity contribution in [3.05, 3.63) is 59.8 Å². The summed E-state index contributed by atoms with van der Waals surface area (Å²) in [5, 5.41) is 9.84. The second-order valence-corrected chi connectivity index (χ2v) is 6.77. The van der Waals surface area contributed by atoms with Crippen molar-refractivity contribution in [3.63, 3.8) is 0 Å². The monoisotopic (exact) mass is 379 g/mol. The summed E-state index contributed by atoms with van der Waals surface area (Å²) in [7, 11) is 1.64. The highest BCUT2D eigenvalue weighted by molar-refractivity contribution is 6.00. The average molecular weight is 379 g/mol. The van der Waals surface area contributed by atoms with Crippen LogP contribution in [0.25, 0.3) is 10.9 Å². The van der Waals surface area contributed by atoms with Crippen LogP contribution in [0.2, 0.25) is 0 Å². The van der Waals surface area contributed by atoms with Crippen molar-refractivity contribution in [3.8, 4) is 5.75 Å². The van der Waals surface area contributed by atoms with E-state index in [2.05, 4.69) is 9.88 Å². The zero-order valence-corrected chi connectivity index (χ0v) is 15.5. The Morgan fingerprint density at radius 2 is 1.71 bits per heavy atom. The minimum atomic E-state index is -0.981. The van der Waals surface area contributed by atoms with Crippen LogP contribution in [0.15, 0.2) is 48.5 Å². The number of carboxylic acids is 1. The molecule has 0 unspecified atom stereocenters. The van der Waals surface area contributed by atoms with Gasteiger partial charge in [0.2, 0.25) is 0 Å². The Morgan fingerprint density at radius 3 is 2.36 bits per heavy atom. The molecule has 3 aromatic rings. The number of nitrogens with one attached hydrogen (secondary N) is 1. The van der Waals surface area contributed by atoms with Gasteiger partial charge in [-0.2, -0.15) is 0 Å². The van der Waals surface area contributed by atoms with Crippen LogP contribution in [-0.4, -0.2) is 60.2 Å². The van der Waals surface area contributed by atoms with Crippen molar-refractivity contribution in [2.75, 3.05) is 38.2 Å². The van der Waals surface area contributed by atoms with Crippen molar-refractivity contribution in [1.29, 1.82) is 0 Å². The van der Waals surface area contributed by atoms with E-state index in [0.29, 0.717) is 18.8 Å². The molecule has 7 heteroatoms. The van der Waals surface area contributed by atoms with E-state index in [4.69, 9.17) is 9.84 Å². The molecule has 1 fully saturated rings. The number of methoxy groups -OCH3 is 1. The third-order valence-electron chi connectivity index (χ3n) is 5.10. The topological polar surface area (TPSA) is 85.9 Å². The lowest BCUT2D eigenvalue weighted by Gasteiger charge is -2.36. The lowest BCUT2D eigenvalue weighted by atomic mass is 10.1. The van der Waals surface area contributed by atoms with Crippen LogP contribution in [0.5, 0.6) is 5.75 Å². The third-order valence-corrected chi connectivity index (χ3v) is 5.10. The first kappa shape index (κ1) is 17.9. The molecular weight excluding hydrogens is 358 g/mol. The molecule has 2 heterocycles. The molecular formula is C21H21N3O4. The second-order valence-electron chi connectivity index (χ2n) is 6.77. The number of carbonyl (C=O) groups excluding carboxylic acids is 1. The fraction of sp³-hybridized carbons (Fsp3) is 0.238. The molecule has 0 radical (unpaired) electrons. The SMILES string of the molecule is COc1ccc(N2CCN(C(=O)c3cc4cc(C(=O)O)ccc4[nH]3)CC2)cc1. The number of benzene rings is 2. The van der Waals surface area contributed by atoms with E-state index in [1.54, 1.807) is 25.3 Å². The van der Waals surface area contributed by atoms with E-state index in [1.807, 2.05) is 29.2 Å². The smallest absolute Gasteiger partial charge is 0.335 e. The predicted octanol–water partition coefficient (Wildman–Crippen LogP) is 2.84. The summed E-state index contributed by atoms with van der Waals surface area (Å²) in [6.45, 7) is 2.75. The van der Waals surface area contributed by atoms with Crippen LogP contribution in [-0.2, 0) is 0 Å². The van der Waals surface area contributed by atoms with E-state index in [1.165, 1.54) is 6.07 Å². The number of ether oxygens (including phenoxy) is 1. The van der Waals surface area contributed by atoms with Gasteiger partial charge in [-0.25, -0.2) is 4.79 Å². The summed E-state index contributed by atoms with van der Waals surface area (Å²) in [6, 6.07) is 14.4. The number of piperazine rings is 1. The maximum absolute atomic E-state index is 12.9. The Bertz CT molecular complexity index is 1020. The Hall–Kier alpha value is -3.48. The lowest BCUT2D eigenvalue weighted by molar-refractivity contribution is 0.0695. The number of anilines is 1. The molecule has 0 aliphatic carbocycles. The molecule has 1 aliphatic rings. The molecule has 1 saturated heterocycles. The number of carboxylic acid groups (broad SMARTS) is 1. The van der Waals surface area contributed by atoms with E-state index < -0.39 is 5.97 Å². The molecule has 0 atom stereocenters. The van der Waals surface area contributed by atoms with E-state index in [9.17, 15) is 9.59 Å². The maximum Gasteiger partial charge on any atom is 0.335 e. The van der Waals surface area contributed by atoms with Gasteiger partial charge in [0.05, 0.1) is 12.7 Å². The maximum atomic E-state index is 12.9. The number of H-pyrrole nitrogens is 1. The highest BCUT2D eigenvalue weighted by Gasteiger charge is 2.23. The molecule has 0 bridgehead atoms. The lowest BCUT2D eigenvalue weighted by Crippen LogP contribution is -2.48. The summed E-state index contributed by atoms with van der Waals surface area (Å²) >= 11 is 0. The number of amides is 1. The van der Waals surface area contributed by atoms with Crippen LogP contribution in [0, 0.1) is 0 Å². The molecule has 0 spiro atoms. The van der Waals surface area contributed by atoms with Crippen LogP contribution in [0.3, 0.4) is 0 Å². The molecule has 28 heavy (non-hydrogen) atoms. The van der Waals surface area contributed by atoms with Crippen LogP contribution in [0.1, 0.15) is 20.8 Å². The quantitative estimate of drug-likeness (QED) is 0.728. The molecule has 1 aromatic heterocycles. The molecule has 2 aromatic carbocycles. The molecule has 1 aliphatic heterocycles. The molecule has 1 amide bonds. The minimum absolute atomic E-state index is 0.0672. The van der Waals surface area contributed by atoms with Gasteiger partial charge in [-0.1, -0.05) is 0 Å².